The van der Waals surface area contributed by atoms with E-state index in [-0.39, 0.29) is 0 Å². The molecule has 7 heteroatoms. The van der Waals surface area contributed by atoms with Crippen molar-refractivity contribution >= 4 is 5.96 Å². The lowest BCUT2D eigenvalue weighted by molar-refractivity contribution is 0.281. The van der Waals surface area contributed by atoms with E-state index >= 15 is 0 Å². The van der Waals surface area contributed by atoms with E-state index in [9.17, 15) is 0 Å². The van der Waals surface area contributed by atoms with Gasteiger partial charge in [0.25, 0.3) is 0 Å². The molecular weight excluding hydrogens is 328 g/mol. The topological polar surface area (TPSA) is 67.6 Å². The molecule has 0 radical (unpaired) electrons. The highest BCUT2D eigenvalue weighted by Crippen LogP contribution is 2.11. The summed E-state index contributed by atoms with van der Waals surface area (Å²) < 4.78 is 7.79. The van der Waals surface area contributed by atoms with E-state index in [4.69, 9.17) is 9.73 Å². The maximum absolute atomic E-state index is 5.81. The lowest BCUT2D eigenvalue weighted by Gasteiger charge is -2.22. The summed E-state index contributed by atoms with van der Waals surface area (Å²) in [6, 6.07) is 8.13. The van der Waals surface area contributed by atoms with E-state index in [1.165, 1.54) is 5.56 Å². The highest BCUT2D eigenvalue weighted by molar-refractivity contribution is 5.79. The molecule has 2 rings (SSSR count). The van der Waals surface area contributed by atoms with Gasteiger partial charge in [0.05, 0.1) is 6.54 Å². The van der Waals surface area contributed by atoms with Crippen LogP contribution in [0.25, 0.3) is 0 Å². The van der Waals surface area contributed by atoms with Gasteiger partial charge in [-0.15, -0.1) is 10.2 Å². The van der Waals surface area contributed by atoms with Crippen molar-refractivity contribution < 1.29 is 4.74 Å². The number of rotatable bonds is 10. The molecule has 1 aromatic heterocycles. The Bertz CT molecular complexity index is 639. The van der Waals surface area contributed by atoms with Crippen molar-refractivity contribution in [3.8, 4) is 5.75 Å². The average molecular weight is 358 g/mol. The molecular formula is C19H30N6O. The number of nitrogens with zero attached hydrogens (tertiary/aromatic N) is 5. The monoisotopic (exact) mass is 358 g/mol. The van der Waals surface area contributed by atoms with Crippen molar-refractivity contribution in [3.05, 3.63) is 42.5 Å². The van der Waals surface area contributed by atoms with Gasteiger partial charge < -0.3 is 19.5 Å². The summed E-state index contributed by atoms with van der Waals surface area (Å²) in [6.45, 7) is 8.13. The molecule has 1 N–H and O–H groups in total. The van der Waals surface area contributed by atoms with Gasteiger partial charge in [0, 0.05) is 26.7 Å². The summed E-state index contributed by atoms with van der Waals surface area (Å²) >= 11 is 0. The number of nitrogens with one attached hydrogen (secondary N) is 1. The minimum atomic E-state index is 0.623. The minimum absolute atomic E-state index is 0.623. The summed E-state index contributed by atoms with van der Waals surface area (Å²) in [5.74, 6) is 1.82. The lowest BCUT2D eigenvalue weighted by atomic mass is 10.2. The fourth-order valence-electron chi connectivity index (χ4n) is 2.44. The molecule has 0 aliphatic carbocycles. The van der Waals surface area contributed by atoms with Crippen LogP contribution in [-0.4, -0.2) is 58.9 Å². The third kappa shape index (κ3) is 7.13. The number of unbranched alkanes of at least 4 members (excludes halogenated alkanes) is 1. The number of aliphatic imine (C=N–C) groups is 1. The quantitative estimate of drug-likeness (QED) is 0.401. The number of guanidine groups is 1. The van der Waals surface area contributed by atoms with Gasteiger partial charge in [-0.2, -0.15) is 0 Å². The molecule has 0 unspecified atom stereocenters. The van der Waals surface area contributed by atoms with Crippen molar-refractivity contribution in [1.82, 2.24) is 25.0 Å². The predicted octanol–water partition coefficient (Wildman–Crippen LogP) is 2.34. The van der Waals surface area contributed by atoms with Crippen LogP contribution in [0.15, 0.2) is 41.9 Å². The number of ether oxygens (including phenoxy) is 1. The van der Waals surface area contributed by atoms with Gasteiger partial charge in [0.15, 0.2) is 5.96 Å². The third-order valence-electron chi connectivity index (χ3n) is 3.97. The van der Waals surface area contributed by atoms with Crippen LogP contribution in [0, 0.1) is 6.92 Å². The Morgan fingerprint density at radius 2 is 1.92 bits per heavy atom. The first kappa shape index (κ1) is 19.8. The molecule has 0 saturated carbocycles. The second-order valence-corrected chi connectivity index (χ2v) is 6.23. The Kier molecular flexibility index (Phi) is 8.45. The van der Waals surface area contributed by atoms with Gasteiger partial charge in [0.1, 0.15) is 25.0 Å². The SMILES string of the molecule is CCNC(=NCCCCn1cnnc1)N(C)CCOc1ccc(C)cc1. The fraction of sp³-hybridized carbons (Fsp3) is 0.526. The zero-order valence-corrected chi connectivity index (χ0v) is 16.1. The van der Waals surface area contributed by atoms with Gasteiger partial charge in [-0.1, -0.05) is 17.7 Å². The van der Waals surface area contributed by atoms with E-state index in [0.717, 1.165) is 50.7 Å². The summed E-state index contributed by atoms with van der Waals surface area (Å²) in [5, 5.41) is 11.0. The maximum Gasteiger partial charge on any atom is 0.193 e. The largest absolute Gasteiger partial charge is 0.492 e. The van der Waals surface area contributed by atoms with Crippen molar-refractivity contribution in [2.45, 2.75) is 33.2 Å². The van der Waals surface area contributed by atoms with Crippen LogP contribution in [-0.2, 0) is 6.54 Å². The highest BCUT2D eigenvalue weighted by Gasteiger charge is 2.05. The second-order valence-electron chi connectivity index (χ2n) is 6.23. The van der Waals surface area contributed by atoms with Crippen molar-refractivity contribution in [2.24, 2.45) is 4.99 Å². The second kappa shape index (κ2) is 11.1. The van der Waals surface area contributed by atoms with Gasteiger partial charge in [-0.05, 0) is 38.8 Å². The Balaban J connectivity index is 1.70. The lowest BCUT2D eigenvalue weighted by Crippen LogP contribution is -2.41. The van der Waals surface area contributed by atoms with E-state index in [2.05, 4.69) is 46.4 Å². The summed E-state index contributed by atoms with van der Waals surface area (Å²) in [7, 11) is 2.04. The predicted molar refractivity (Wildman–Crippen MR) is 105 cm³/mol. The van der Waals surface area contributed by atoms with Crippen molar-refractivity contribution in [1.29, 1.82) is 0 Å². The molecule has 0 fully saturated rings. The Hall–Kier alpha value is -2.57. The molecule has 0 saturated heterocycles. The molecule has 1 heterocycles. The Morgan fingerprint density at radius 3 is 2.62 bits per heavy atom. The molecule has 142 valence electrons. The number of likely N-dealkylation sites (N-methyl/N-ethyl adjacent to an activating group) is 1. The van der Waals surface area contributed by atoms with Gasteiger partial charge in [-0.25, -0.2) is 0 Å². The highest BCUT2D eigenvalue weighted by atomic mass is 16.5. The number of hydrogen-bond acceptors (Lipinski definition) is 4. The fourth-order valence-corrected chi connectivity index (χ4v) is 2.44. The van der Waals surface area contributed by atoms with E-state index in [1.54, 1.807) is 12.7 Å². The zero-order valence-electron chi connectivity index (χ0n) is 16.1. The molecule has 0 spiro atoms. The van der Waals surface area contributed by atoms with Gasteiger partial charge in [0.2, 0.25) is 0 Å². The van der Waals surface area contributed by atoms with E-state index in [0.29, 0.717) is 6.61 Å². The standard InChI is InChI=1S/C19H30N6O/c1-4-20-19(21-11-5-6-12-25-15-22-23-16-25)24(3)13-14-26-18-9-7-17(2)8-10-18/h7-10,15-16H,4-6,11-14H2,1-3H3,(H,20,21). The van der Waals surface area contributed by atoms with Crippen molar-refractivity contribution in [2.75, 3.05) is 33.3 Å². The van der Waals surface area contributed by atoms with Crippen LogP contribution < -0.4 is 10.1 Å². The molecule has 0 bridgehead atoms. The Labute approximate surface area is 156 Å². The molecule has 1 aromatic carbocycles. The van der Waals surface area contributed by atoms with Crippen LogP contribution in [0.5, 0.6) is 5.75 Å². The van der Waals surface area contributed by atoms with Gasteiger partial charge in [-0.3, -0.25) is 4.99 Å². The maximum atomic E-state index is 5.81. The molecule has 2 aromatic rings. The first-order valence-corrected chi connectivity index (χ1v) is 9.20. The van der Waals surface area contributed by atoms with Crippen LogP contribution >= 0.6 is 0 Å². The first-order valence-electron chi connectivity index (χ1n) is 9.20. The van der Waals surface area contributed by atoms with E-state index < -0.39 is 0 Å². The van der Waals surface area contributed by atoms with Gasteiger partial charge >= 0.3 is 0 Å². The third-order valence-corrected chi connectivity index (χ3v) is 3.97. The summed E-state index contributed by atoms with van der Waals surface area (Å²) in [4.78, 5) is 6.81. The number of hydrogen-bond donors (Lipinski definition) is 1. The van der Waals surface area contributed by atoms with Crippen LogP contribution in [0.4, 0.5) is 0 Å². The smallest absolute Gasteiger partial charge is 0.193 e. The average Bonchev–Trinajstić information content (AvgIpc) is 3.15. The molecule has 7 nitrogen and oxygen atoms in total. The zero-order chi connectivity index (χ0) is 18.6. The summed E-state index contributed by atoms with van der Waals surface area (Å²) in [6.07, 6.45) is 5.58. The van der Waals surface area contributed by atoms with E-state index in [1.807, 2.05) is 23.7 Å². The molecule has 0 atom stereocenters. The Morgan fingerprint density at radius 1 is 1.19 bits per heavy atom. The molecule has 0 amide bonds. The first-order chi connectivity index (χ1) is 12.7. The van der Waals surface area contributed by atoms with Crippen LogP contribution in [0.1, 0.15) is 25.3 Å². The van der Waals surface area contributed by atoms with Crippen LogP contribution in [0.3, 0.4) is 0 Å². The minimum Gasteiger partial charge on any atom is -0.492 e. The number of benzene rings is 1. The van der Waals surface area contributed by atoms with Crippen LogP contribution in [0.2, 0.25) is 0 Å². The normalized spacial score (nSPS) is 11.4. The number of aromatic nitrogens is 3. The summed E-state index contributed by atoms with van der Waals surface area (Å²) in [5.41, 5.74) is 1.24. The van der Waals surface area contributed by atoms with Crippen molar-refractivity contribution in [3.63, 3.8) is 0 Å². The number of aryl methyl sites for hydroxylation is 2. The molecule has 0 aliphatic heterocycles. The molecule has 26 heavy (non-hydrogen) atoms. The molecule has 0 aliphatic rings.